The summed E-state index contributed by atoms with van der Waals surface area (Å²) in [7, 11) is 0. The van der Waals surface area contributed by atoms with Crippen molar-refractivity contribution in [2.45, 2.75) is 0 Å². The van der Waals surface area contributed by atoms with Crippen LogP contribution in [-0.2, 0) is 0 Å². The minimum absolute atomic E-state index is 0.361. The first-order valence-electron chi connectivity index (χ1n) is 20.5. The largest absolute Gasteiger partial charge is 0.208 e. The fraction of sp³-hybridized carbons (Fsp3) is 0. The van der Waals surface area contributed by atoms with Gasteiger partial charge in [-0.2, -0.15) is 0 Å². The molecule has 0 aliphatic rings. The summed E-state index contributed by atoms with van der Waals surface area (Å²) >= 11 is 0. The van der Waals surface area contributed by atoms with Gasteiger partial charge in [0.15, 0.2) is 34.9 Å². The van der Waals surface area contributed by atoms with E-state index < -0.39 is 0 Å². The molecule has 292 valence electrons. The molecule has 10 rings (SSSR count). The highest BCUT2D eigenvalue weighted by atomic mass is 15.1. The molecule has 0 N–H and O–H groups in total. The Kier molecular flexibility index (Phi) is 10.4. The van der Waals surface area contributed by atoms with E-state index in [9.17, 15) is 0 Å². The summed E-state index contributed by atoms with van der Waals surface area (Å²) in [6.45, 7) is 4.59. The van der Waals surface area contributed by atoms with Gasteiger partial charge in [0, 0.05) is 22.3 Å². The maximum Gasteiger partial charge on any atom is 0.167 e. The number of nitrogens with zero attached hydrogens (tertiary/aromatic N) is 6. The minimum Gasteiger partial charge on any atom is -0.208 e. The number of benzene rings is 8. The topological polar surface area (TPSA) is 77.3 Å². The number of hydrogen-bond acceptors (Lipinski definition) is 6. The second-order valence-corrected chi connectivity index (χ2v) is 14.9. The van der Waals surface area contributed by atoms with E-state index in [4.69, 9.17) is 29.9 Å². The average Bonchev–Trinajstić information content (AvgIpc) is 3.37. The maximum atomic E-state index is 5.11. The van der Waals surface area contributed by atoms with Crippen molar-refractivity contribution < 1.29 is 0 Å². The lowest BCUT2D eigenvalue weighted by atomic mass is 10.0. The molecule has 0 unspecified atom stereocenters. The molecule has 2 aromatic heterocycles. The van der Waals surface area contributed by atoms with Gasteiger partial charge in [0.2, 0.25) is 0 Å². The summed E-state index contributed by atoms with van der Waals surface area (Å²) in [6.07, 6.45) is 0. The predicted molar refractivity (Wildman–Crippen MR) is 251 cm³/mol. The molecule has 2 heterocycles. The minimum atomic E-state index is 0.361. The zero-order chi connectivity index (χ0) is 41.7. The fourth-order valence-electron chi connectivity index (χ4n) is 7.51. The molecule has 10 aromatic rings. The molecule has 0 atom stereocenters. The first-order valence-corrected chi connectivity index (χ1v) is 20.5. The maximum absolute atomic E-state index is 5.11. The summed E-state index contributed by atoms with van der Waals surface area (Å²) in [5.74, 6) is 2.76. The summed E-state index contributed by atoms with van der Waals surface area (Å²) in [4.78, 5) is 30.7. The highest BCUT2D eigenvalue weighted by Crippen LogP contribution is 2.33. The van der Waals surface area contributed by atoms with Crippen LogP contribution in [0.1, 0.15) is 11.6 Å². The molecule has 0 aliphatic carbocycles. The highest BCUT2D eigenvalue weighted by Gasteiger charge is 2.20. The van der Waals surface area contributed by atoms with Gasteiger partial charge in [-0.05, 0) is 68.8 Å². The van der Waals surface area contributed by atoms with E-state index in [2.05, 4.69) is 104 Å². The quantitative estimate of drug-likeness (QED) is 0.137. The third-order valence-electron chi connectivity index (χ3n) is 10.7. The molecule has 6 heteroatoms. The van der Waals surface area contributed by atoms with E-state index in [1.54, 1.807) is 0 Å². The van der Waals surface area contributed by atoms with Crippen LogP contribution in [0.25, 0.3) is 95.6 Å². The van der Waals surface area contributed by atoms with Crippen molar-refractivity contribution in [3.8, 4) is 90.1 Å². The second kappa shape index (κ2) is 17.0. The van der Waals surface area contributed by atoms with E-state index in [-0.39, 0.29) is 0 Å². The van der Waals surface area contributed by atoms with Crippen molar-refractivity contribution in [3.05, 3.63) is 237 Å². The zero-order valence-electron chi connectivity index (χ0n) is 33.7. The molecule has 0 aliphatic heterocycles. The van der Waals surface area contributed by atoms with Crippen molar-refractivity contribution in [2.24, 2.45) is 0 Å². The zero-order valence-corrected chi connectivity index (χ0v) is 33.7. The van der Waals surface area contributed by atoms with Crippen molar-refractivity contribution in [1.29, 1.82) is 0 Å². The van der Waals surface area contributed by atoms with Gasteiger partial charge in [-0.15, -0.1) is 0 Å². The van der Waals surface area contributed by atoms with Crippen molar-refractivity contribution >= 4 is 5.57 Å². The first-order chi connectivity index (χ1) is 30.6. The second-order valence-electron chi connectivity index (χ2n) is 14.9. The van der Waals surface area contributed by atoms with E-state index >= 15 is 0 Å². The van der Waals surface area contributed by atoms with Gasteiger partial charge < -0.3 is 0 Å². The summed E-state index contributed by atoms with van der Waals surface area (Å²) < 4.78 is 0. The Morgan fingerprint density at radius 2 is 0.435 bits per heavy atom. The lowest BCUT2D eigenvalue weighted by molar-refractivity contribution is 0.998. The third kappa shape index (κ3) is 8.09. The van der Waals surface area contributed by atoms with E-state index in [0.29, 0.717) is 40.5 Å². The molecule has 0 radical (unpaired) electrons. The average molecular weight is 795 g/mol. The highest BCUT2D eigenvalue weighted by molar-refractivity contribution is 5.79. The van der Waals surface area contributed by atoms with E-state index in [1.807, 2.05) is 121 Å². The fourth-order valence-corrected chi connectivity index (χ4v) is 7.51. The van der Waals surface area contributed by atoms with Gasteiger partial charge in [0.05, 0.1) is 5.57 Å². The number of aromatic nitrogens is 6. The normalized spacial score (nSPS) is 11.0. The van der Waals surface area contributed by atoms with Gasteiger partial charge in [-0.3, -0.25) is 0 Å². The van der Waals surface area contributed by atoms with Gasteiger partial charge in [0.25, 0.3) is 0 Å². The van der Waals surface area contributed by atoms with Crippen LogP contribution in [0.4, 0.5) is 0 Å². The van der Waals surface area contributed by atoms with Crippen LogP contribution >= 0.6 is 0 Å². The van der Waals surface area contributed by atoms with Crippen molar-refractivity contribution in [3.63, 3.8) is 0 Å². The lowest BCUT2D eigenvalue weighted by Gasteiger charge is -2.13. The van der Waals surface area contributed by atoms with Crippen LogP contribution < -0.4 is 0 Å². The monoisotopic (exact) mass is 794 g/mol. The Morgan fingerprint density at radius 1 is 0.226 bits per heavy atom. The van der Waals surface area contributed by atoms with Gasteiger partial charge >= 0.3 is 0 Å². The number of rotatable bonds is 10. The van der Waals surface area contributed by atoms with Crippen molar-refractivity contribution in [1.82, 2.24) is 29.9 Å². The first kappa shape index (κ1) is 37.8. The van der Waals surface area contributed by atoms with Gasteiger partial charge in [0.1, 0.15) is 0 Å². The van der Waals surface area contributed by atoms with Crippen LogP contribution in [0.2, 0.25) is 0 Å². The Hall–Kier alpha value is -8.48. The molecule has 0 bridgehead atoms. The van der Waals surface area contributed by atoms with Crippen molar-refractivity contribution in [2.75, 3.05) is 0 Å². The Balaban J connectivity index is 1.13. The number of hydrogen-bond donors (Lipinski definition) is 0. The summed E-state index contributed by atoms with van der Waals surface area (Å²) in [5, 5.41) is 0. The molecule has 8 aromatic carbocycles. The molecule has 0 amide bonds. The SMILES string of the molecule is C=C(c1nc(-c2cccc(-c3ccccc3)c2)nc(-c2cccc(-c3ccccc3)c2)n1)c1nc(-c2cccc(-c3ccccc3)c2)nc(-c2cccc(-c3ccccc3)c2)n1. The Morgan fingerprint density at radius 3 is 0.677 bits per heavy atom. The molecule has 0 saturated carbocycles. The summed E-state index contributed by atoms with van der Waals surface area (Å²) in [5.41, 5.74) is 12.4. The molecule has 62 heavy (non-hydrogen) atoms. The Labute approximate surface area is 360 Å². The lowest BCUT2D eigenvalue weighted by Crippen LogP contribution is -2.07. The van der Waals surface area contributed by atoms with Crippen LogP contribution in [0, 0.1) is 0 Å². The molecule has 0 spiro atoms. The standard InChI is InChI=1S/C56H38N6/c1-38(51-57-53(47-30-14-26-43(34-47)39-18-6-2-7-19-39)61-54(58-51)48-31-15-27-44(35-48)40-20-8-3-9-21-40)52-59-55(49-32-16-28-45(36-49)41-22-10-4-11-23-41)62-56(60-52)50-33-17-29-46(37-50)42-24-12-5-13-25-42/h2-37H,1H2. The molecule has 0 saturated heterocycles. The smallest absolute Gasteiger partial charge is 0.167 e. The van der Waals surface area contributed by atoms with E-state index in [0.717, 1.165) is 66.8 Å². The molecule has 0 fully saturated rings. The predicted octanol–water partition coefficient (Wildman–Crippen LogP) is 13.5. The van der Waals surface area contributed by atoms with Crippen LogP contribution in [0.5, 0.6) is 0 Å². The van der Waals surface area contributed by atoms with Gasteiger partial charge in [-0.1, -0.05) is 201 Å². The third-order valence-corrected chi connectivity index (χ3v) is 10.7. The molecular weight excluding hydrogens is 757 g/mol. The molecule has 6 nitrogen and oxygen atoms in total. The van der Waals surface area contributed by atoms with Crippen LogP contribution in [0.3, 0.4) is 0 Å². The summed E-state index contributed by atoms with van der Waals surface area (Å²) in [6, 6.07) is 74.2. The molecular formula is C56H38N6. The van der Waals surface area contributed by atoms with Crippen LogP contribution in [-0.4, -0.2) is 29.9 Å². The van der Waals surface area contributed by atoms with Gasteiger partial charge in [-0.25, -0.2) is 29.9 Å². The Bertz CT molecular complexity index is 2770. The van der Waals surface area contributed by atoms with E-state index in [1.165, 1.54) is 0 Å². The van der Waals surface area contributed by atoms with Crippen LogP contribution in [0.15, 0.2) is 225 Å².